The van der Waals surface area contributed by atoms with Crippen molar-refractivity contribution in [3.05, 3.63) is 0 Å². The molecule has 1 N–H and O–H groups in total. The van der Waals surface area contributed by atoms with Crippen LogP contribution in [0.5, 0.6) is 0 Å². The summed E-state index contributed by atoms with van der Waals surface area (Å²) in [5.74, 6) is 0. The lowest BCUT2D eigenvalue weighted by Gasteiger charge is -2.34. The molecule has 1 unspecified atom stereocenters. The fraction of sp³-hybridized carbons (Fsp3) is 1.00. The summed E-state index contributed by atoms with van der Waals surface area (Å²) in [7, 11) is 2.08. The van der Waals surface area contributed by atoms with E-state index in [1.165, 1.54) is 44.9 Å². The zero-order valence-corrected chi connectivity index (χ0v) is 12.2. The molecule has 106 valence electrons. The highest BCUT2D eigenvalue weighted by atomic mass is 16.5. The van der Waals surface area contributed by atoms with Crippen molar-refractivity contribution < 1.29 is 9.84 Å². The number of hydrogen-bond donors (Lipinski definition) is 1. The predicted molar refractivity (Wildman–Crippen MR) is 73.7 cm³/mol. The summed E-state index contributed by atoms with van der Waals surface area (Å²) in [6.07, 6.45) is 9.39. The van der Waals surface area contributed by atoms with E-state index in [4.69, 9.17) is 4.74 Å². The third kappa shape index (κ3) is 3.94. The summed E-state index contributed by atoms with van der Waals surface area (Å²) in [5.41, 5.74) is -0.394. The van der Waals surface area contributed by atoms with Crippen molar-refractivity contribution in [3.63, 3.8) is 0 Å². The molecular formula is C15H29NO2. The number of ether oxygens (including phenoxy) is 1. The molecule has 1 saturated heterocycles. The van der Waals surface area contributed by atoms with E-state index in [2.05, 4.69) is 11.9 Å². The molecule has 2 fully saturated rings. The average Bonchev–Trinajstić information content (AvgIpc) is 2.59. The number of nitrogens with zero attached hydrogens (tertiary/aromatic N) is 1. The van der Waals surface area contributed by atoms with Crippen LogP contribution in [0.4, 0.5) is 0 Å². The lowest BCUT2D eigenvalue weighted by atomic mass is 9.83. The first-order valence-corrected chi connectivity index (χ1v) is 7.47. The van der Waals surface area contributed by atoms with Gasteiger partial charge in [0.15, 0.2) is 0 Å². The van der Waals surface area contributed by atoms with Crippen molar-refractivity contribution in [2.45, 2.75) is 76.1 Å². The Bertz CT molecular complexity index is 266. The minimum atomic E-state index is -0.615. The van der Waals surface area contributed by atoms with E-state index in [9.17, 15) is 5.11 Å². The zero-order valence-electron chi connectivity index (χ0n) is 12.2. The largest absolute Gasteiger partial charge is 0.389 e. The van der Waals surface area contributed by atoms with Gasteiger partial charge in [-0.3, -0.25) is 0 Å². The van der Waals surface area contributed by atoms with Gasteiger partial charge in [0.1, 0.15) is 0 Å². The van der Waals surface area contributed by atoms with Gasteiger partial charge in [0, 0.05) is 13.1 Å². The maximum absolute atomic E-state index is 9.82. The Morgan fingerprint density at radius 3 is 2.50 bits per heavy atom. The molecule has 1 spiro atoms. The SMILES string of the molecule is CN(CC1CCC2(CCCCC2)O1)CC(C)(C)O. The van der Waals surface area contributed by atoms with Gasteiger partial charge in [-0.05, 0) is 46.6 Å². The molecule has 18 heavy (non-hydrogen) atoms. The maximum atomic E-state index is 9.82. The van der Waals surface area contributed by atoms with Gasteiger partial charge < -0.3 is 14.7 Å². The summed E-state index contributed by atoms with van der Waals surface area (Å²) >= 11 is 0. The molecule has 0 bridgehead atoms. The van der Waals surface area contributed by atoms with Gasteiger partial charge in [-0.1, -0.05) is 19.3 Å². The molecule has 1 atom stereocenters. The van der Waals surface area contributed by atoms with Crippen molar-refractivity contribution in [2.24, 2.45) is 0 Å². The molecule has 0 aromatic heterocycles. The maximum Gasteiger partial charge on any atom is 0.0718 e. The van der Waals surface area contributed by atoms with Crippen molar-refractivity contribution >= 4 is 0 Å². The molecule has 1 aliphatic carbocycles. The van der Waals surface area contributed by atoms with E-state index in [1.54, 1.807) is 0 Å². The summed E-state index contributed by atoms with van der Waals surface area (Å²) < 4.78 is 6.35. The summed E-state index contributed by atoms with van der Waals surface area (Å²) in [6.45, 7) is 5.38. The summed E-state index contributed by atoms with van der Waals surface area (Å²) in [6, 6.07) is 0. The highest BCUT2D eigenvalue weighted by Gasteiger charge is 2.41. The van der Waals surface area contributed by atoms with Crippen LogP contribution < -0.4 is 0 Å². The minimum Gasteiger partial charge on any atom is -0.389 e. The fourth-order valence-electron chi connectivity index (χ4n) is 3.66. The highest BCUT2D eigenvalue weighted by Crippen LogP contribution is 2.41. The Balaban J connectivity index is 1.78. The normalized spacial score (nSPS) is 28.2. The molecule has 2 rings (SSSR count). The topological polar surface area (TPSA) is 32.7 Å². The van der Waals surface area contributed by atoms with E-state index < -0.39 is 5.60 Å². The van der Waals surface area contributed by atoms with Gasteiger partial charge >= 0.3 is 0 Å². The second-order valence-electron chi connectivity index (χ2n) is 7.03. The van der Waals surface area contributed by atoms with E-state index in [-0.39, 0.29) is 5.60 Å². The molecule has 2 aliphatic rings. The van der Waals surface area contributed by atoms with Gasteiger partial charge in [-0.25, -0.2) is 0 Å². The third-order valence-corrected chi connectivity index (χ3v) is 4.28. The summed E-state index contributed by atoms with van der Waals surface area (Å²) in [4.78, 5) is 2.20. The van der Waals surface area contributed by atoms with Gasteiger partial charge in [-0.15, -0.1) is 0 Å². The van der Waals surface area contributed by atoms with Crippen LogP contribution in [0, 0.1) is 0 Å². The number of likely N-dealkylation sites (N-methyl/N-ethyl adjacent to an activating group) is 1. The van der Waals surface area contributed by atoms with Crippen molar-refractivity contribution in [1.29, 1.82) is 0 Å². The van der Waals surface area contributed by atoms with E-state index >= 15 is 0 Å². The zero-order chi connectivity index (χ0) is 13.2. The lowest BCUT2D eigenvalue weighted by Crippen LogP contribution is -2.41. The van der Waals surface area contributed by atoms with Crippen LogP contribution in [0.2, 0.25) is 0 Å². The first-order chi connectivity index (χ1) is 8.39. The molecular weight excluding hydrogens is 226 g/mol. The minimum absolute atomic E-state index is 0.221. The standard InChI is InChI=1S/C15H29NO2/c1-14(2,17)12-16(3)11-13-7-10-15(18-13)8-5-4-6-9-15/h13,17H,4-12H2,1-3H3. The van der Waals surface area contributed by atoms with Crippen LogP contribution in [-0.2, 0) is 4.74 Å². The van der Waals surface area contributed by atoms with Crippen LogP contribution in [-0.4, -0.2) is 47.4 Å². The van der Waals surface area contributed by atoms with E-state index in [0.717, 1.165) is 6.54 Å². The number of hydrogen-bond acceptors (Lipinski definition) is 3. The van der Waals surface area contributed by atoms with Gasteiger partial charge in [0.2, 0.25) is 0 Å². The first kappa shape index (κ1) is 14.3. The van der Waals surface area contributed by atoms with Crippen LogP contribution in [0.25, 0.3) is 0 Å². The Labute approximate surface area is 112 Å². The summed E-state index contributed by atoms with van der Waals surface area (Å²) in [5, 5.41) is 9.82. The van der Waals surface area contributed by atoms with Crippen LogP contribution in [0.3, 0.4) is 0 Å². The molecule has 1 heterocycles. The van der Waals surface area contributed by atoms with Crippen LogP contribution >= 0.6 is 0 Å². The quantitative estimate of drug-likeness (QED) is 0.838. The van der Waals surface area contributed by atoms with Gasteiger partial charge in [0.25, 0.3) is 0 Å². The molecule has 3 heteroatoms. The smallest absolute Gasteiger partial charge is 0.0718 e. The van der Waals surface area contributed by atoms with E-state index in [0.29, 0.717) is 12.6 Å². The Morgan fingerprint density at radius 2 is 1.89 bits per heavy atom. The Kier molecular flexibility index (Phi) is 4.35. The van der Waals surface area contributed by atoms with Crippen molar-refractivity contribution in [1.82, 2.24) is 4.90 Å². The van der Waals surface area contributed by atoms with Gasteiger partial charge in [0.05, 0.1) is 17.3 Å². The fourth-order valence-corrected chi connectivity index (χ4v) is 3.66. The van der Waals surface area contributed by atoms with Crippen LogP contribution in [0.15, 0.2) is 0 Å². The molecule has 3 nitrogen and oxygen atoms in total. The molecule has 0 aromatic rings. The molecule has 0 amide bonds. The molecule has 0 radical (unpaired) electrons. The second kappa shape index (κ2) is 5.48. The Hall–Kier alpha value is -0.120. The number of aliphatic hydroxyl groups is 1. The monoisotopic (exact) mass is 255 g/mol. The average molecular weight is 255 g/mol. The highest BCUT2D eigenvalue weighted by molar-refractivity contribution is 4.92. The third-order valence-electron chi connectivity index (χ3n) is 4.28. The number of rotatable bonds is 4. The molecule has 1 aliphatic heterocycles. The Morgan fingerprint density at radius 1 is 1.22 bits per heavy atom. The first-order valence-electron chi connectivity index (χ1n) is 7.47. The predicted octanol–water partition coefficient (Wildman–Crippen LogP) is 2.57. The van der Waals surface area contributed by atoms with Crippen LogP contribution in [0.1, 0.15) is 58.8 Å². The van der Waals surface area contributed by atoms with E-state index in [1.807, 2.05) is 13.8 Å². The van der Waals surface area contributed by atoms with Crippen molar-refractivity contribution in [3.8, 4) is 0 Å². The second-order valence-corrected chi connectivity index (χ2v) is 7.03. The molecule has 0 aromatic carbocycles. The van der Waals surface area contributed by atoms with Crippen molar-refractivity contribution in [2.75, 3.05) is 20.1 Å². The lowest BCUT2D eigenvalue weighted by molar-refractivity contribution is -0.0741. The molecule has 1 saturated carbocycles. The van der Waals surface area contributed by atoms with Gasteiger partial charge in [-0.2, -0.15) is 0 Å².